The van der Waals surface area contributed by atoms with Crippen LogP contribution in [0.2, 0.25) is 0 Å². The topological polar surface area (TPSA) is 81.1 Å². The van der Waals surface area contributed by atoms with Gasteiger partial charge < -0.3 is 20.0 Å². The summed E-state index contributed by atoms with van der Waals surface area (Å²) in [4.78, 5) is 26.0. The van der Waals surface area contributed by atoms with E-state index < -0.39 is 17.5 Å². The van der Waals surface area contributed by atoms with Crippen LogP contribution in [0.4, 0.5) is 4.79 Å². The van der Waals surface area contributed by atoms with Crippen molar-refractivity contribution in [3.8, 4) is 0 Å². The minimum absolute atomic E-state index is 0.219. The van der Waals surface area contributed by atoms with Crippen molar-refractivity contribution < 1.29 is 19.8 Å². The van der Waals surface area contributed by atoms with E-state index in [4.69, 9.17) is 5.11 Å². The smallest absolute Gasteiger partial charge is 0.319 e. The van der Waals surface area contributed by atoms with E-state index in [0.717, 1.165) is 0 Å². The summed E-state index contributed by atoms with van der Waals surface area (Å²) in [5, 5.41) is 18.6. The highest BCUT2D eigenvalue weighted by Gasteiger charge is 2.30. The molecule has 0 aromatic heterocycles. The summed E-state index contributed by atoms with van der Waals surface area (Å²) >= 11 is 0. The highest BCUT2D eigenvalue weighted by Crippen LogP contribution is 2.18. The van der Waals surface area contributed by atoms with Gasteiger partial charge in [0.15, 0.2) is 0 Å². The van der Waals surface area contributed by atoms with E-state index in [1.54, 1.807) is 25.8 Å². The third-order valence-electron chi connectivity index (χ3n) is 2.99. The van der Waals surface area contributed by atoms with Gasteiger partial charge in [-0.15, -0.1) is 0 Å². The molecular weight excluding hydrogens is 236 g/mol. The van der Waals surface area contributed by atoms with E-state index >= 15 is 0 Å². The van der Waals surface area contributed by atoms with Crippen LogP contribution in [-0.4, -0.2) is 64.3 Å². The van der Waals surface area contributed by atoms with Crippen LogP contribution in [0.5, 0.6) is 0 Å². The van der Waals surface area contributed by atoms with Crippen LogP contribution in [0.1, 0.15) is 26.7 Å². The molecule has 1 saturated heterocycles. The van der Waals surface area contributed by atoms with Gasteiger partial charge in [0.05, 0.1) is 18.1 Å². The lowest BCUT2D eigenvalue weighted by atomic mass is 9.98. The number of urea groups is 1. The molecule has 1 rings (SSSR count). The summed E-state index contributed by atoms with van der Waals surface area (Å²) in [6, 6.07) is -0.219. The molecule has 0 aromatic rings. The number of nitrogens with zero attached hydrogens (tertiary/aromatic N) is 2. The van der Waals surface area contributed by atoms with Gasteiger partial charge in [-0.3, -0.25) is 4.79 Å². The maximum Gasteiger partial charge on any atom is 0.319 e. The lowest BCUT2D eigenvalue weighted by Gasteiger charge is -2.35. The van der Waals surface area contributed by atoms with E-state index in [1.807, 2.05) is 0 Å². The van der Waals surface area contributed by atoms with Gasteiger partial charge >= 0.3 is 12.0 Å². The Hall–Kier alpha value is -1.30. The fraction of sp³-hybridized carbons (Fsp3) is 0.833. The molecular formula is C12H22N2O4. The van der Waals surface area contributed by atoms with Crippen molar-refractivity contribution in [2.24, 2.45) is 5.92 Å². The van der Waals surface area contributed by atoms with Crippen molar-refractivity contribution in [1.82, 2.24) is 9.80 Å². The van der Waals surface area contributed by atoms with Crippen molar-refractivity contribution in [2.45, 2.75) is 32.3 Å². The van der Waals surface area contributed by atoms with Crippen LogP contribution < -0.4 is 0 Å². The SMILES string of the molecule is CN(CC(C)(C)O)C(=O)N1CCCC(C(=O)O)C1. The summed E-state index contributed by atoms with van der Waals surface area (Å²) in [6.07, 6.45) is 1.33. The molecule has 2 amide bonds. The Bertz CT molecular complexity index is 325. The van der Waals surface area contributed by atoms with Gasteiger partial charge in [0.25, 0.3) is 0 Å². The van der Waals surface area contributed by atoms with Gasteiger partial charge in [-0.05, 0) is 26.7 Å². The molecule has 1 atom stereocenters. The fourth-order valence-corrected chi connectivity index (χ4v) is 2.24. The molecule has 0 spiro atoms. The summed E-state index contributed by atoms with van der Waals surface area (Å²) in [7, 11) is 1.62. The van der Waals surface area contributed by atoms with Crippen molar-refractivity contribution in [2.75, 3.05) is 26.7 Å². The number of hydrogen-bond donors (Lipinski definition) is 2. The van der Waals surface area contributed by atoms with Crippen molar-refractivity contribution in [3.05, 3.63) is 0 Å². The zero-order valence-electron chi connectivity index (χ0n) is 11.2. The normalized spacial score (nSPS) is 20.7. The average molecular weight is 258 g/mol. The molecule has 1 unspecified atom stereocenters. The number of rotatable bonds is 3. The van der Waals surface area contributed by atoms with E-state index in [-0.39, 0.29) is 19.1 Å². The third-order valence-corrected chi connectivity index (χ3v) is 2.99. The largest absolute Gasteiger partial charge is 0.481 e. The number of likely N-dealkylation sites (N-methyl/N-ethyl adjacent to an activating group) is 1. The van der Waals surface area contributed by atoms with Crippen LogP contribution in [-0.2, 0) is 4.79 Å². The Labute approximate surface area is 107 Å². The predicted molar refractivity (Wildman–Crippen MR) is 66.3 cm³/mol. The highest BCUT2D eigenvalue weighted by atomic mass is 16.4. The van der Waals surface area contributed by atoms with E-state index in [2.05, 4.69) is 0 Å². The molecule has 18 heavy (non-hydrogen) atoms. The molecule has 0 radical (unpaired) electrons. The Kier molecular flexibility index (Phi) is 4.56. The number of carboxylic acids is 1. The lowest BCUT2D eigenvalue weighted by molar-refractivity contribution is -0.143. The number of carboxylic acid groups (broad SMARTS) is 1. The highest BCUT2D eigenvalue weighted by molar-refractivity contribution is 5.76. The molecule has 1 fully saturated rings. The number of aliphatic hydroxyl groups is 1. The molecule has 1 aliphatic rings. The zero-order valence-corrected chi connectivity index (χ0v) is 11.2. The molecule has 1 aliphatic heterocycles. The minimum Gasteiger partial charge on any atom is -0.481 e. The number of amides is 2. The molecule has 0 saturated carbocycles. The molecule has 0 aliphatic carbocycles. The second-order valence-corrected chi connectivity index (χ2v) is 5.57. The van der Waals surface area contributed by atoms with E-state index in [0.29, 0.717) is 19.4 Å². The van der Waals surface area contributed by atoms with Gasteiger partial charge in [0.2, 0.25) is 0 Å². The zero-order chi connectivity index (χ0) is 13.9. The summed E-state index contributed by atoms with van der Waals surface area (Å²) in [5.74, 6) is -1.32. The number of hydrogen-bond acceptors (Lipinski definition) is 3. The Morgan fingerprint density at radius 2 is 2.06 bits per heavy atom. The van der Waals surface area contributed by atoms with Crippen molar-refractivity contribution in [1.29, 1.82) is 0 Å². The van der Waals surface area contributed by atoms with Crippen molar-refractivity contribution in [3.63, 3.8) is 0 Å². The van der Waals surface area contributed by atoms with Gasteiger partial charge in [-0.25, -0.2) is 4.79 Å². The number of carbonyl (C=O) groups excluding carboxylic acids is 1. The first kappa shape index (κ1) is 14.8. The maximum absolute atomic E-state index is 12.1. The Balaban J connectivity index is 2.58. The first-order chi connectivity index (χ1) is 8.20. The first-order valence-electron chi connectivity index (χ1n) is 6.16. The van der Waals surface area contributed by atoms with E-state index in [1.165, 1.54) is 4.90 Å². The van der Waals surface area contributed by atoms with Gasteiger partial charge in [-0.1, -0.05) is 0 Å². The van der Waals surface area contributed by atoms with Crippen LogP contribution >= 0.6 is 0 Å². The molecule has 6 heteroatoms. The van der Waals surface area contributed by atoms with Gasteiger partial charge in [-0.2, -0.15) is 0 Å². The van der Waals surface area contributed by atoms with Gasteiger partial charge in [0, 0.05) is 20.1 Å². The maximum atomic E-state index is 12.1. The van der Waals surface area contributed by atoms with Crippen molar-refractivity contribution >= 4 is 12.0 Å². The standard InChI is InChI=1S/C12H22N2O4/c1-12(2,18)8-13(3)11(17)14-6-4-5-9(7-14)10(15)16/h9,18H,4-8H2,1-3H3,(H,15,16). The van der Waals surface area contributed by atoms with Crippen LogP contribution in [0.3, 0.4) is 0 Å². The lowest BCUT2D eigenvalue weighted by Crippen LogP contribution is -2.50. The summed E-state index contributed by atoms with van der Waals surface area (Å²) < 4.78 is 0. The number of aliphatic carboxylic acids is 1. The predicted octanol–water partition coefficient (Wildman–Crippen LogP) is 0.606. The average Bonchev–Trinajstić information content (AvgIpc) is 2.26. The minimum atomic E-state index is -0.952. The monoisotopic (exact) mass is 258 g/mol. The summed E-state index contributed by atoms with van der Waals surface area (Å²) in [5.41, 5.74) is -0.952. The first-order valence-corrected chi connectivity index (χ1v) is 6.16. The Morgan fingerprint density at radius 1 is 1.44 bits per heavy atom. The van der Waals surface area contributed by atoms with Crippen LogP contribution in [0.25, 0.3) is 0 Å². The molecule has 6 nitrogen and oxygen atoms in total. The van der Waals surface area contributed by atoms with E-state index in [9.17, 15) is 14.7 Å². The second-order valence-electron chi connectivity index (χ2n) is 5.57. The number of likely N-dealkylation sites (tertiary alicyclic amines) is 1. The second kappa shape index (κ2) is 5.56. The Morgan fingerprint density at radius 3 is 2.56 bits per heavy atom. The molecule has 0 aromatic carbocycles. The summed E-state index contributed by atoms with van der Waals surface area (Å²) in [6.45, 7) is 4.32. The molecule has 1 heterocycles. The molecule has 2 N–H and O–H groups in total. The van der Waals surface area contributed by atoms with Gasteiger partial charge in [0.1, 0.15) is 0 Å². The van der Waals surface area contributed by atoms with Crippen LogP contribution in [0, 0.1) is 5.92 Å². The molecule has 104 valence electrons. The number of piperidine rings is 1. The van der Waals surface area contributed by atoms with Crippen LogP contribution in [0.15, 0.2) is 0 Å². The molecule has 0 bridgehead atoms. The number of carbonyl (C=O) groups is 2. The third kappa shape index (κ3) is 4.18. The fourth-order valence-electron chi connectivity index (χ4n) is 2.24. The quantitative estimate of drug-likeness (QED) is 0.777.